The Morgan fingerprint density at radius 3 is 2.50 bits per heavy atom. The van der Waals surface area contributed by atoms with Crippen molar-refractivity contribution in [2.45, 2.75) is 33.3 Å². The molecule has 1 aromatic carbocycles. The average Bonchev–Trinajstić information content (AvgIpc) is 3.07. The van der Waals surface area contributed by atoms with Crippen LogP contribution in [0.2, 0.25) is 0 Å². The number of benzene rings is 1. The Morgan fingerprint density at radius 2 is 1.80 bits per heavy atom. The van der Waals surface area contributed by atoms with E-state index in [1.807, 2.05) is 38.1 Å². The lowest BCUT2D eigenvalue weighted by atomic mass is 9.95. The molecule has 3 rings (SSSR count). The van der Waals surface area contributed by atoms with Crippen molar-refractivity contribution in [2.24, 2.45) is 5.92 Å². The van der Waals surface area contributed by atoms with Gasteiger partial charge in [0.05, 0.1) is 5.69 Å². The fourth-order valence-corrected chi connectivity index (χ4v) is 2.57. The summed E-state index contributed by atoms with van der Waals surface area (Å²) in [5, 5.41) is 4.03. The molecule has 158 valence electrons. The van der Waals surface area contributed by atoms with E-state index in [1.165, 1.54) is 0 Å². The van der Waals surface area contributed by atoms with Crippen molar-refractivity contribution in [3.05, 3.63) is 54.5 Å². The number of nitrogens with zero attached hydrogens (tertiary/aromatic N) is 1. The molecule has 0 saturated carbocycles. The number of anilines is 2. The lowest BCUT2D eigenvalue weighted by Gasteiger charge is -2.28. The number of nitrogens with one attached hydrogen (secondary N) is 2. The molecule has 0 unspecified atom stereocenters. The van der Waals surface area contributed by atoms with Crippen molar-refractivity contribution < 1.29 is 23.8 Å². The highest BCUT2D eigenvalue weighted by molar-refractivity contribution is 6.07. The zero-order valence-electron chi connectivity index (χ0n) is 17.4. The van der Waals surface area contributed by atoms with E-state index >= 15 is 0 Å². The first kappa shape index (κ1) is 21.2. The monoisotopic (exact) mass is 411 g/mol. The number of carbonyl (C=O) groups is 2. The predicted octanol–water partition coefficient (Wildman–Crippen LogP) is 5.01. The summed E-state index contributed by atoms with van der Waals surface area (Å²) in [5.41, 5.74) is 1.61. The largest absolute Gasteiger partial charge is 0.511 e. The first-order valence-electron chi connectivity index (χ1n) is 9.58. The van der Waals surface area contributed by atoms with Gasteiger partial charge < -0.3 is 24.5 Å². The third-order valence-electron chi connectivity index (χ3n) is 4.96. The Labute approximate surface area is 174 Å². The quantitative estimate of drug-likeness (QED) is 0.416. The van der Waals surface area contributed by atoms with E-state index in [0.717, 1.165) is 16.6 Å². The Hall–Kier alpha value is -3.55. The van der Waals surface area contributed by atoms with Gasteiger partial charge in [-0.2, -0.15) is 0 Å². The Bertz CT molecular complexity index is 1030. The number of aromatic nitrogens is 2. The van der Waals surface area contributed by atoms with Crippen molar-refractivity contribution in [3.63, 3.8) is 0 Å². The topological polar surface area (TPSA) is 103 Å². The normalized spacial score (nSPS) is 11.4. The van der Waals surface area contributed by atoms with Gasteiger partial charge >= 0.3 is 12.1 Å². The zero-order chi connectivity index (χ0) is 21.7. The van der Waals surface area contributed by atoms with Crippen molar-refractivity contribution in [2.75, 3.05) is 12.1 Å². The number of fused-ring (bicyclic) bond motifs is 1. The molecular formula is C22H25N3O5. The number of carbonyl (C=O) groups excluding carboxylic acids is 2. The number of pyridine rings is 1. The van der Waals surface area contributed by atoms with E-state index in [2.05, 4.69) is 15.3 Å². The highest BCUT2D eigenvalue weighted by Gasteiger charge is 2.28. The molecule has 0 aliphatic rings. The lowest BCUT2D eigenvalue weighted by Crippen LogP contribution is -2.34. The summed E-state index contributed by atoms with van der Waals surface area (Å²) in [6, 6.07) is 11.0. The number of hydrogen-bond acceptors (Lipinski definition) is 7. The minimum absolute atomic E-state index is 0.0979. The molecule has 0 amide bonds. The van der Waals surface area contributed by atoms with Gasteiger partial charge in [0.2, 0.25) is 6.79 Å². The van der Waals surface area contributed by atoms with Crippen LogP contribution in [-0.4, -0.2) is 34.5 Å². The smallest absolute Gasteiger partial charge is 0.428 e. The standard InChI is InChI=1S/C22H25N3O5/c1-14(2)22(3,4)30-21(27)29-13-28-20(26)19-18(24-15-9-11-23-12-10-15)16-7-5-6-8-17(16)25-19/h5-12,14,25H,13H2,1-4H3,(H,23,24). The summed E-state index contributed by atoms with van der Waals surface area (Å²) in [6.45, 7) is 6.87. The van der Waals surface area contributed by atoms with Crippen molar-refractivity contribution in [1.29, 1.82) is 0 Å². The number of esters is 1. The summed E-state index contributed by atoms with van der Waals surface area (Å²) in [4.78, 5) is 31.6. The van der Waals surface area contributed by atoms with Gasteiger partial charge in [0, 0.05) is 29.0 Å². The van der Waals surface area contributed by atoms with Crippen LogP contribution in [0.5, 0.6) is 0 Å². The van der Waals surface area contributed by atoms with E-state index < -0.39 is 24.5 Å². The van der Waals surface area contributed by atoms with E-state index in [0.29, 0.717) is 5.69 Å². The van der Waals surface area contributed by atoms with Crippen LogP contribution in [0.1, 0.15) is 38.2 Å². The predicted molar refractivity (Wildman–Crippen MR) is 113 cm³/mol. The van der Waals surface area contributed by atoms with Crippen molar-refractivity contribution in [1.82, 2.24) is 9.97 Å². The minimum atomic E-state index is -0.895. The van der Waals surface area contributed by atoms with Crippen molar-refractivity contribution in [3.8, 4) is 0 Å². The molecule has 0 radical (unpaired) electrons. The van der Waals surface area contributed by atoms with E-state index in [4.69, 9.17) is 14.2 Å². The van der Waals surface area contributed by atoms with Gasteiger partial charge in [0.1, 0.15) is 11.3 Å². The molecule has 0 saturated heterocycles. The van der Waals surface area contributed by atoms with Gasteiger partial charge in [-0.05, 0) is 38.0 Å². The second kappa shape index (κ2) is 8.86. The van der Waals surface area contributed by atoms with Crippen LogP contribution in [0.3, 0.4) is 0 Å². The van der Waals surface area contributed by atoms with Crippen LogP contribution in [0.15, 0.2) is 48.8 Å². The van der Waals surface area contributed by atoms with Crippen LogP contribution in [0.4, 0.5) is 16.2 Å². The van der Waals surface area contributed by atoms with Gasteiger partial charge in [0.25, 0.3) is 0 Å². The second-order valence-corrected chi connectivity index (χ2v) is 7.59. The van der Waals surface area contributed by atoms with E-state index in [1.54, 1.807) is 38.4 Å². The number of H-pyrrole nitrogens is 1. The SMILES string of the molecule is CC(C)C(C)(C)OC(=O)OCOC(=O)c1[nH]c2ccccc2c1Nc1ccncc1. The number of hydrogen-bond donors (Lipinski definition) is 2. The molecular weight excluding hydrogens is 386 g/mol. The number of aromatic amines is 1. The molecule has 0 spiro atoms. The molecule has 3 aromatic rings. The molecule has 0 fully saturated rings. The first-order valence-corrected chi connectivity index (χ1v) is 9.58. The highest BCUT2D eigenvalue weighted by atomic mass is 16.8. The maximum atomic E-state index is 12.7. The average molecular weight is 411 g/mol. The highest BCUT2D eigenvalue weighted by Crippen LogP contribution is 2.31. The summed E-state index contributed by atoms with van der Waals surface area (Å²) < 4.78 is 15.3. The maximum absolute atomic E-state index is 12.7. The van der Waals surface area contributed by atoms with Gasteiger partial charge in [-0.1, -0.05) is 32.0 Å². The van der Waals surface area contributed by atoms with E-state index in [-0.39, 0.29) is 11.6 Å². The van der Waals surface area contributed by atoms with Gasteiger partial charge in [-0.3, -0.25) is 4.98 Å². The number of ether oxygens (including phenoxy) is 3. The second-order valence-electron chi connectivity index (χ2n) is 7.59. The van der Waals surface area contributed by atoms with Gasteiger partial charge in [-0.15, -0.1) is 0 Å². The maximum Gasteiger partial charge on any atom is 0.511 e. The van der Waals surface area contributed by atoms with Crippen LogP contribution in [-0.2, 0) is 14.2 Å². The van der Waals surface area contributed by atoms with E-state index in [9.17, 15) is 9.59 Å². The molecule has 0 aliphatic heterocycles. The molecule has 2 N–H and O–H groups in total. The van der Waals surface area contributed by atoms with Crippen LogP contribution < -0.4 is 5.32 Å². The molecule has 2 aromatic heterocycles. The number of para-hydroxylation sites is 1. The van der Waals surface area contributed by atoms with Crippen LogP contribution >= 0.6 is 0 Å². The fourth-order valence-electron chi connectivity index (χ4n) is 2.57. The summed E-state index contributed by atoms with van der Waals surface area (Å²) in [7, 11) is 0. The molecule has 2 heterocycles. The van der Waals surface area contributed by atoms with Crippen molar-refractivity contribution >= 4 is 34.4 Å². The zero-order valence-corrected chi connectivity index (χ0v) is 17.4. The van der Waals surface area contributed by atoms with Crippen LogP contribution in [0, 0.1) is 5.92 Å². The Morgan fingerprint density at radius 1 is 1.10 bits per heavy atom. The minimum Gasteiger partial charge on any atom is -0.428 e. The summed E-state index contributed by atoms with van der Waals surface area (Å²) >= 11 is 0. The van der Waals surface area contributed by atoms with Gasteiger partial charge in [-0.25, -0.2) is 9.59 Å². The molecule has 30 heavy (non-hydrogen) atoms. The lowest BCUT2D eigenvalue weighted by molar-refractivity contribution is -0.0701. The molecule has 0 atom stereocenters. The molecule has 8 heteroatoms. The first-order chi connectivity index (χ1) is 14.3. The fraction of sp³-hybridized carbons (Fsp3) is 0.318. The molecule has 0 bridgehead atoms. The van der Waals surface area contributed by atoms with Crippen LogP contribution in [0.25, 0.3) is 10.9 Å². The van der Waals surface area contributed by atoms with Gasteiger partial charge in [0.15, 0.2) is 0 Å². The summed E-state index contributed by atoms with van der Waals surface area (Å²) in [6.07, 6.45) is 2.40. The number of rotatable bonds is 7. The third-order valence-corrected chi connectivity index (χ3v) is 4.96. The third kappa shape index (κ3) is 4.89. The Kier molecular flexibility index (Phi) is 6.25. The molecule has 8 nitrogen and oxygen atoms in total. The summed E-state index contributed by atoms with van der Waals surface area (Å²) in [5.74, 6) is -0.570. The molecule has 0 aliphatic carbocycles. The Balaban J connectivity index is 1.70.